The molecule has 2 aromatic rings. The second-order valence-corrected chi connectivity index (χ2v) is 2.80. The van der Waals surface area contributed by atoms with Crippen LogP contribution in [-0.2, 0) is 0 Å². The quantitative estimate of drug-likeness (QED) is 0.761. The average Bonchev–Trinajstić information content (AvgIpc) is 2.73. The summed E-state index contributed by atoms with van der Waals surface area (Å²) in [5.74, 6) is -1.38. The number of halogens is 2. The van der Waals surface area contributed by atoms with Crippen molar-refractivity contribution in [1.82, 2.24) is 10.1 Å². The molecule has 0 amide bonds. The van der Waals surface area contributed by atoms with Gasteiger partial charge in [0, 0.05) is 0 Å². The zero-order chi connectivity index (χ0) is 10.7. The Morgan fingerprint density at radius 1 is 1.13 bits per heavy atom. The van der Waals surface area contributed by atoms with Crippen LogP contribution in [0.25, 0.3) is 12.2 Å². The van der Waals surface area contributed by atoms with Gasteiger partial charge in [0.1, 0.15) is 0 Å². The van der Waals surface area contributed by atoms with Crippen LogP contribution in [0.5, 0.6) is 0 Å². The minimum Gasteiger partial charge on any atom is -0.342 e. The maximum atomic E-state index is 12.8. The molecule has 3 nitrogen and oxygen atoms in total. The van der Waals surface area contributed by atoms with Crippen molar-refractivity contribution >= 4 is 12.2 Å². The van der Waals surface area contributed by atoms with Crippen LogP contribution >= 0.6 is 0 Å². The summed E-state index contributed by atoms with van der Waals surface area (Å²) in [4.78, 5) is 3.74. The van der Waals surface area contributed by atoms with E-state index in [1.54, 1.807) is 6.08 Å². The molecule has 0 saturated carbocycles. The van der Waals surface area contributed by atoms with Crippen molar-refractivity contribution in [2.24, 2.45) is 0 Å². The van der Waals surface area contributed by atoms with Crippen LogP contribution in [-0.4, -0.2) is 10.1 Å². The number of rotatable bonds is 2. The Morgan fingerprint density at radius 3 is 2.67 bits per heavy atom. The van der Waals surface area contributed by atoms with Crippen LogP contribution in [0.15, 0.2) is 29.1 Å². The molecule has 1 heterocycles. The maximum absolute atomic E-state index is 12.8. The Morgan fingerprint density at radius 2 is 2.00 bits per heavy atom. The second-order valence-electron chi connectivity index (χ2n) is 2.80. The van der Waals surface area contributed by atoms with Crippen molar-refractivity contribution in [1.29, 1.82) is 0 Å². The molecule has 0 radical (unpaired) electrons. The molecule has 76 valence electrons. The van der Waals surface area contributed by atoms with Crippen LogP contribution in [0, 0.1) is 11.6 Å². The molecule has 0 aliphatic rings. The van der Waals surface area contributed by atoms with Gasteiger partial charge >= 0.3 is 0 Å². The van der Waals surface area contributed by atoms with Gasteiger partial charge in [0.05, 0.1) is 0 Å². The molecule has 0 bridgehead atoms. The highest BCUT2D eigenvalue weighted by atomic mass is 19.2. The largest absolute Gasteiger partial charge is 0.342 e. The molecule has 0 atom stereocenters. The van der Waals surface area contributed by atoms with E-state index in [0.717, 1.165) is 12.1 Å². The first kappa shape index (κ1) is 9.51. The van der Waals surface area contributed by atoms with Crippen molar-refractivity contribution in [2.45, 2.75) is 0 Å². The van der Waals surface area contributed by atoms with Gasteiger partial charge in [-0.2, -0.15) is 4.98 Å². The molecule has 1 aromatic carbocycles. The lowest BCUT2D eigenvalue weighted by molar-refractivity contribution is 0.415. The van der Waals surface area contributed by atoms with E-state index in [1.807, 2.05) is 0 Å². The predicted molar refractivity (Wildman–Crippen MR) is 49.6 cm³/mol. The minimum atomic E-state index is -0.884. The van der Waals surface area contributed by atoms with E-state index in [2.05, 4.69) is 14.7 Å². The first-order chi connectivity index (χ1) is 7.25. The zero-order valence-corrected chi connectivity index (χ0v) is 7.52. The summed E-state index contributed by atoms with van der Waals surface area (Å²) in [6.45, 7) is 0. The van der Waals surface area contributed by atoms with Gasteiger partial charge in [0.15, 0.2) is 17.5 Å². The molecule has 0 spiro atoms. The third kappa shape index (κ3) is 2.25. The molecule has 0 saturated heterocycles. The van der Waals surface area contributed by atoms with E-state index >= 15 is 0 Å². The van der Waals surface area contributed by atoms with Crippen molar-refractivity contribution in [2.75, 3.05) is 0 Å². The average molecular weight is 208 g/mol. The van der Waals surface area contributed by atoms with Gasteiger partial charge in [-0.3, -0.25) is 0 Å². The van der Waals surface area contributed by atoms with Gasteiger partial charge in [-0.05, 0) is 23.8 Å². The standard InChI is InChI=1S/C10H6F2N2O/c11-8-3-1-7(5-9(8)12)2-4-10-13-6-15-14-10/h1-6H/b4-2+. The van der Waals surface area contributed by atoms with Gasteiger partial charge in [-0.15, -0.1) is 0 Å². The summed E-state index contributed by atoms with van der Waals surface area (Å²) < 4.78 is 29.9. The van der Waals surface area contributed by atoms with Crippen molar-refractivity contribution in [3.05, 3.63) is 47.6 Å². The molecule has 15 heavy (non-hydrogen) atoms. The number of hydrogen-bond donors (Lipinski definition) is 0. The first-order valence-electron chi connectivity index (χ1n) is 4.15. The molecular formula is C10H6F2N2O. The Hall–Kier alpha value is -2.04. The molecule has 0 unspecified atom stereocenters. The summed E-state index contributed by atoms with van der Waals surface area (Å²) in [5, 5.41) is 3.53. The number of benzene rings is 1. The van der Waals surface area contributed by atoms with Gasteiger partial charge in [0.2, 0.25) is 6.39 Å². The second kappa shape index (κ2) is 4.00. The van der Waals surface area contributed by atoms with E-state index in [1.165, 1.54) is 18.5 Å². The molecule has 0 aliphatic carbocycles. The fourth-order valence-corrected chi connectivity index (χ4v) is 1.04. The highest BCUT2D eigenvalue weighted by molar-refractivity contribution is 5.66. The minimum absolute atomic E-state index is 0.375. The van der Waals surface area contributed by atoms with E-state index in [4.69, 9.17) is 0 Å². The molecule has 0 aliphatic heterocycles. The molecule has 2 rings (SSSR count). The summed E-state index contributed by atoms with van der Waals surface area (Å²) in [5.41, 5.74) is 0.527. The van der Waals surface area contributed by atoms with Gasteiger partial charge in [-0.25, -0.2) is 8.78 Å². The van der Waals surface area contributed by atoms with Crippen LogP contribution < -0.4 is 0 Å². The van der Waals surface area contributed by atoms with E-state index < -0.39 is 11.6 Å². The molecule has 5 heteroatoms. The number of aromatic nitrogens is 2. The summed E-state index contributed by atoms with van der Waals surface area (Å²) in [6, 6.07) is 3.60. The SMILES string of the molecule is Fc1ccc(/C=C/c2ncon2)cc1F. The Labute approximate surface area is 84.0 Å². The monoisotopic (exact) mass is 208 g/mol. The van der Waals surface area contributed by atoms with Crippen LogP contribution in [0.1, 0.15) is 11.4 Å². The van der Waals surface area contributed by atoms with Crippen LogP contribution in [0.2, 0.25) is 0 Å². The van der Waals surface area contributed by atoms with E-state index in [9.17, 15) is 8.78 Å². The lowest BCUT2D eigenvalue weighted by Gasteiger charge is -1.94. The third-order valence-electron chi connectivity index (χ3n) is 1.75. The number of nitrogens with zero attached hydrogens (tertiary/aromatic N) is 2. The highest BCUT2D eigenvalue weighted by Gasteiger charge is 2.00. The number of hydrogen-bond acceptors (Lipinski definition) is 3. The van der Waals surface area contributed by atoms with Crippen molar-refractivity contribution in [3.63, 3.8) is 0 Å². The van der Waals surface area contributed by atoms with Crippen molar-refractivity contribution < 1.29 is 13.3 Å². The smallest absolute Gasteiger partial charge is 0.214 e. The van der Waals surface area contributed by atoms with E-state index in [0.29, 0.717) is 11.4 Å². The van der Waals surface area contributed by atoms with Gasteiger partial charge in [0.25, 0.3) is 0 Å². The fraction of sp³-hybridized carbons (Fsp3) is 0. The molecule has 1 aromatic heterocycles. The van der Waals surface area contributed by atoms with Crippen LogP contribution in [0.3, 0.4) is 0 Å². The Kier molecular flexibility index (Phi) is 2.53. The predicted octanol–water partition coefficient (Wildman–Crippen LogP) is 2.52. The molecule has 0 N–H and O–H groups in total. The molecule has 0 fully saturated rings. The topological polar surface area (TPSA) is 38.9 Å². The van der Waals surface area contributed by atoms with E-state index in [-0.39, 0.29) is 0 Å². The fourth-order valence-electron chi connectivity index (χ4n) is 1.04. The highest BCUT2D eigenvalue weighted by Crippen LogP contribution is 2.10. The summed E-state index contributed by atoms with van der Waals surface area (Å²) in [6.07, 6.45) is 4.29. The van der Waals surface area contributed by atoms with Gasteiger partial charge < -0.3 is 4.52 Å². The van der Waals surface area contributed by atoms with Gasteiger partial charge in [-0.1, -0.05) is 17.3 Å². The molecular weight excluding hydrogens is 202 g/mol. The summed E-state index contributed by atoms with van der Waals surface area (Å²) >= 11 is 0. The maximum Gasteiger partial charge on any atom is 0.214 e. The zero-order valence-electron chi connectivity index (χ0n) is 7.52. The lowest BCUT2D eigenvalue weighted by atomic mass is 10.2. The van der Waals surface area contributed by atoms with Crippen molar-refractivity contribution in [3.8, 4) is 0 Å². The Bertz CT molecular complexity index is 480. The first-order valence-corrected chi connectivity index (χ1v) is 4.15. The Balaban J connectivity index is 2.21. The lowest BCUT2D eigenvalue weighted by Crippen LogP contribution is -1.83. The third-order valence-corrected chi connectivity index (χ3v) is 1.75. The summed E-state index contributed by atoms with van der Waals surface area (Å²) in [7, 11) is 0. The van der Waals surface area contributed by atoms with Crippen LogP contribution in [0.4, 0.5) is 8.78 Å². The normalized spacial score (nSPS) is 11.1.